The highest BCUT2D eigenvalue weighted by Crippen LogP contribution is 2.14. The molecular weight excluding hydrogens is 758 g/mol. The summed E-state index contributed by atoms with van der Waals surface area (Å²) in [6.07, 6.45) is 4.69. The predicted octanol–water partition coefficient (Wildman–Crippen LogP) is -2.45. The number of nitrogens with zero attached hydrogens (tertiary/aromatic N) is 2. The van der Waals surface area contributed by atoms with Gasteiger partial charge in [0, 0.05) is 55.9 Å². The fourth-order valence-corrected chi connectivity index (χ4v) is 5.61. The predicted molar refractivity (Wildman–Crippen MR) is 203 cm³/mol. The van der Waals surface area contributed by atoms with E-state index < -0.39 is 78.2 Å². The van der Waals surface area contributed by atoms with Crippen molar-refractivity contribution in [1.82, 2.24) is 46.5 Å². The molecule has 0 saturated carbocycles. The molecule has 21 nitrogen and oxygen atoms in total. The fourth-order valence-electron chi connectivity index (χ4n) is 5.61. The standard InChI is InChI=1S/C37H45N11O10/c38-26(13-22-15-40-18-43-22)33(53)46-27(9-10-31(39)51)35(55)47-28(11-20-1-5-24(49)6-2-20)34(54)42-17-32(52)45-29(12-21-3-7-25(50)8-4-21)36(56)48-30(37(57)58)14-23-16-41-19-44-23/h1-8,15-16,18-19,26-30,49-50H,9-14,17,38H2,(H2,39,51)(H,40,43)(H,41,44)(H,42,54)(H,45,52)(H,46,53)(H,47,55)(H,48,56)(H,57,58). The summed E-state index contributed by atoms with van der Waals surface area (Å²) in [6, 6.07) is 4.84. The Morgan fingerprint density at radius 1 is 0.621 bits per heavy atom. The Morgan fingerprint density at radius 2 is 1.10 bits per heavy atom. The van der Waals surface area contributed by atoms with Crippen LogP contribution in [0.1, 0.15) is 35.4 Å². The van der Waals surface area contributed by atoms with Crippen LogP contribution in [0.2, 0.25) is 0 Å². The van der Waals surface area contributed by atoms with E-state index >= 15 is 0 Å². The van der Waals surface area contributed by atoms with E-state index in [1.54, 1.807) is 0 Å². The number of primary amides is 1. The summed E-state index contributed by atoms with van der Waals surface area (Å²) in [5, 5.41) is 41.6. The van der Waals surface area contributed by atoms with Gasteiger partial charge in [-0.2, -0.15) is 0 Å². The van der Waals surface area contributed by atoms with Crippen LogP contribution >= 0.6 is 0 Å². The largest absolute Gasteiger partial charge is 0.508 e. The number of nitrogens with two attached hydrogens (primary N) is 2. The Morgan fingerprint density at radius 3 is 1.60 bits per heavy atom. The molecule has 58 heavy (non-hydrogen) atoms. The zero-order chi connectivity index (χ0) is 42.2. The van der Waals surface area contributed by atoms with Gasteiger partial charge in [0.1, 0.15) is 35.7 Å². The highest BCUT2D eigenvalue weighted by molar-refractivity contribution is 5.95. The third kappa shape index (κ3) is 14.1. The van der Waals surface area contributed by atoms with Crippen LogP contribution in [0.25, 0.3) is 0 Å². The maximum Gasteiger partial charge on any atom is 0.326 e. The molecule has 4 rings (SSSR count). The minimum atomic E-state index is -1.40. The van der Waals surface area contributed by atoms with E-state index in [1.165, 1.54) is 73.6 Å². The summed E-state index contributed by atoms with van der Waals surface area (Å²) in [4.78, 5) is 104. The van der Waals surface area contributed by atoms with Crippen molar-refractivity contribution in [2.75, 3.05) is 6.54 Å². The lowest BCUT2D eigenvalue weighted by Crippen LogP contribution is -2.57. The van der Waals surface area contributed by atoms with Crippen LogP contribution < -0.4 is 38.1 Å². The van der Waals surface area contributed by atoms with Gasteiger partial charge in [-0.05, 0) is 41.8 Å². The molecular formula is C37H45N11O10. The number of amides is 6. The number of aliphatic carboxylic acids is 1. The second-order valence-corrected chi connectivity index (χ2v) is 13.3. The molecule has 0 saturated heterocycles. The van der Waals surface area contributed by atoms with Crippen molar-refractivity contribution in [2.45, 2.75) is 68.7 Å². The van der Waals surface area contributed by atoms with E-state index in [0.29, 0.717) is 22.5 Å². The van der Waals surface area contributed by atoms with Crippen LogP contribution in [0.4, 0.5) is 0 Å². The molecule has 0 radical (unpaired) electrons. The summed E-state index contributed by atoms with van der Waals surface area (Å²) in [7, 11) is 0. The minimum absolute atomic E-state index is 0.0483. The van der Waals surface area contributed by atoms with Crippen molar-refractivity contribution in [3.8, 4) is 11.5 Å². The van der Waals surface area contributed by atoms with E-state index in [1.807, 2.05) is 0 Å². The molecule has 21 heteroatoms. The smallest absolute Gasteiger partial charge is 0.326 e. The lowest BCUT2D eigenvalue weighted by atomic mass is 10.0. The number of hydrogen-bond acceptors (Lipinski definition) is 12. The zero-order valence-corrected chi connectivity index (χ0v) is 31.0. The maximum atomic E-state index is 13.6. The molecule has 0 aliphatic rings. The van der Waals surface area contributed by atoms with E-state index in [-0.39, 0.29) is 50.0 Å². The molecule has 2 aromatic heterocycles. The van der Waals surface area contributed by atoms with Crippen molar-refractivity contribution >= 4 is 41.4 Å². The fraction of sp³-hybridized carbons (Fsp3) is 0.324. The molecule has 2 aromatic carbocycles. The van der Waals surface area contributed by atoms with Gasteiger partial charge in [-0.25, -0.2) is 14.8 Å². The van der Waals surface area contributed by atoms with Gasteiger partial charge in [0.15, 0.2) is 0 Å². The van der Waals surface area contributed by atoms with E-state index in [2.05, 4.69) is 46.5 Å². The van der Waals surface area contributed by atoms with Crippen molar-refractivity contribution in [1.29, 1.82) is 0 Å². The Bertz CT molecular complexity index is 2010. The number of rotatable bonds is 22. The number of carboxylic acid groups (broad SMARTS) is 1. The van der Waals surface area contributed by atoms with E-state index in [4.69, 9.17) is 11.5 Å². The van der Waals surface area contributed by atoms with Crippen molar-refractivity contribution < 1.29 is 48.9 Å². The number of phenolic OH excluding ortho intramolecular Hbond substituents is 2. The maximum absolute atomic E-state index is 13.6. The monoisotopic (exact) mass is 803 g/mol. The van der Waals surface area contributed by atoms with Gasteiger partial charge in [-0.1, -0.05) is 24.3 Å². The number of phenols is 2. The molecule has 5 atom stereocenters. The average molecular weight is 804 g/mol. The van der Waals surface area contributed by atoms with Crippen molar-refractivity contribution in [2.24, 2.45) is 11.5 Å². The lowest BCUT2D eigenvalue weighted by molar-refractivity contribution is -0.142. The highest BCUT2D eigenvalue weighted by atomic mass is 16.4. The first-order valence-corrected chi connectivity index (χ1v) is 17.9. The van der Waals surface area contributed by atoms with Gasteiger partial charge in [-0.3, -0.25) is 28.8 Å². The number of carbonyl (C=O) groups is 7. The van der Waals surface area contributed by atoms with Gasteiger partial charge < -0.3 is 63.3 Å². The van der Waals surface area contributed by atoms with Crippen molar-refractivity contribution in [3.63, 3.8) is 0 Å². The zero-order valence-electron chi connectivity index (χ0n) is 31.0. The van der Waals surface area contributed by atoms with Gasteiger partial charge in [0.05, 0.1) is 25.2 Å². The molecule has 0 bridgehead atoms. The van der Waals surface area contributed by atoms with Crippen LogP contribution in [-0.2, 0) is 59.2 Å². The van der Waals surface area contributed by atoms with Crippen LogP contribution in [0, 0.1) is 0 Å². The molecule has 0 fully saturated rings. The summed E-state index contributed by atoms with van der Waals surface area (Å²) >= 11 is 0. The number of carbonyl (C=O) groups excluding carboxylic acids is 6. The number of aromatic nitrogens is 4. The molecule has 308 valence electrons. The molecule has 4 aromatic rings. The Hall–Kier alpha value is -7.29. The van der Waals surface area contributed by atoms with E-state index in [0.717, 1.165) is 0 Å². The third-order valence-electron chi connectivity index (χ3n) is 8.70. The second-order valence-electron chi connectivity index (χ2n) is 13.3. The van der Waals surface area contributed by atoms with E-state index in [9.17, 15) is 48.9 Å². The minimum Gasteiger partial charge on any atom is -0.508 e. The number of aromatic hydroxyl groups is 2. The molecule has 2 heterocycles. The first kappa shape index (κ1) is 43.4. The molecule has 0 aliphatic heterocycles. The summed E-state index contributed by atoms with van der Waals surface area (Å²) < 4.78 is 0. The molecule has 0 aliphatic carbocycles. The Labute approximate surface area is 330 Å². The highest BCUT2D eigenvalue weighted by Gasteiger charge is 2.31. The summed E-state index contributed by atoms with van der Waals surface area (Å²) in [6.45, 7) is -0.707. The normalized spacial score (nSPS) is 13.5. The molecule has 5 unspecified atom stereocenters. The van der Waals surface area contributed by atoms with Crippen LogP contribution in [-0.4, -0.2) is 113 Å². The SMILES string of the molecule is NC(=O)CCC(NC(=O)C(N)Cc1cnc[nH]1)C(=O)NC(Cc1ccc(O)cc1)C(=O)NCC(=O)NC(Cc1ccc(O)cc1)C(=O)NC(Cc1cnc[nH]1)C(=O)O. The number of nitrogens with one attached hydrogen (secondary N) is 7. The van der Waals surface area contributed by atoms with Crippen LogP contribution in [0.3, 0.4) is 0 Å². The second kappa shape index (κ2) is 21.1. The quantitative estimate of drug-likeness (QED) is 0.0393. The Balaban J connectivity index is 1.47. The number of aromatic amines is 2. The molecule has 6 amide bonds. The first-order chi connectivity index (χ1) is 27.7. The number of benzene rings is 2. The molecule has 0 spiro atoms. The number of hydrogen-bond donors (Lipinski definition) is 12. The van der Waals surface area contributed by atoms with Crippen molar-refractivity contribution in [3.05, 3.63) is 96.1 Å². The van der Waals surface area contributed by atoms with Gasteiger partial charge in [0.25, 0.3) is 0 Å². The number of imidazole rings is 2. The third-order valence-corrected chi connectivity index (χ3v) is 8.70. The van der Waals surface area contributed by atoms with Gasteiger partial charge in [-0.15, -0.1) is 0 Å². The summed E-state index contributed by atoms with van der Waals surface area (Å²) in [5.41, 5.74) is 13.3. The Kier molecular flexibility index (Phi) is 15.8. The number of carboxylic acids is 1. The lowest BCUT2D eigenvalue weighted by Gasteiger charge is -2.24. The molecule has 14 N–H and O–H groups in total. The van der Waals surface area contributed by atoms with Gasteiger partial charge >= 0.3 is 5.97 Å². The summed E-state index contributed by atoms with van der Waals surface area (Å²) in [5.74, 6) is -6.41. The first-order valence-electron chi connectivity index (χ1n) is 17.9. The topological polar surface area (TPSA) is 350 Å². The number of H-pyrrole nitrogens is 2. The van der Waals surface area contributed by atoms with Crippen LogP contribution in [0.15, 0.2) is 73.6 Å². The average Bonchev–Trinajstić information content (AvgIpc) is 3.91. The van der Waals surface area contributed by atoms with Gasteiger partial charge in [0.2, 0.25) is 35.4 Å². The van der Waals surface area contributed by atoms with Crippen LogP contribution in [0.5, 0.6) is 11.5 Å².